The van der Waals surface area contributed by atoms with Gasteiger partial charge in [0.05, 0.1) is 15.8 Å². The summed E-state index contributed by atoms with van der Waals surface area (Å²) in [5, 5.41) is 9.26. The van der Waals surface area contributed by atoms with Gasteiger partial charge in [-0.15, -0.1) is 0 Å². The van der Waals surface area contributed by atoms with E-state index < -0.39 is 0 Å². The predicted octanol–water partition coefficient (Wildman–Crippen LogP) is 3.08. The third-order valence-electron chi connectivity index (χ3n) is 2.27. The van der Waals surface area contributed by atoms with Gasteiger partial charge in [-0.2, -0.15) is 10.2 Å². The van der Waals surface area contributed by atoms with E-state index in [0.717, 1.165) is 17.0 Å². The second-order valence-electron chi connectivity index (χ2n) is 3.15. The number of fused-ring (bicyclic) bond motifs is 1. The van der Waals surface area contributed by atoms with Crippen LogP contribution < -0.4 is 0 Å². The lowest BCUT2D eigenvalue weighted by Gasteiger charge is -2.16. The molecule has 2 rings (SSSR count). The quantitative estimate of drug-likeness (QED) is 0.593. The lowest BCUT2D eigenvalue weighted by Crippen LogP contribution is -2.18. The van der Waals surface area contributed by atoms with Crippen molar-refractivity contribution in [3.63, 3.8) is 0 Å². The molecule has 0 N–H and O–H groups in total. The summed E-state index contributed by atoms with van der Waals surface area (Å²) >= 11 is 12.0. The van der Waals surface area contributed by atoms with Crippen molar-refractivity contribution in [1.82, 2.24) is 0 Å². The molecule has 0 saturated heterocycles. The van der Waals surface area contributed by atoms with Gasteiger partial charge in [0, 0.05) is 17.2 Å². The van der Waals surface area contributed by atoms with Gasteiger partial charge in [0.2, 0.25) is 0 Å². The third-order valence-corrected chi connectivity index (χ3v) is 3.09. The van der Waals surface area contributed by atoms with Crippen molar-refractivity contribution in [2.24, 2.45) is 16.1 Å². The second-order valence-corrected chi connectivity index (χ2v) is 3.93. The zero-order chi connectivity index (χ0) is 9.59. The predicted molar refractivity (Wildman–Crippen MR) is 56.5 cm³/mol. The van der Waals surface area contributed by atoms with Crippen molar-refractivity contribution in [3.05, 3.63) is 21.7 Å². The van der Waals surface area contributed by atoms with E-state index in [4.69, 9.17) is 23.2 Å². The maximum Gasteiger partial charge on any atom is 0.0656 e. The monoisotopic (exact) mass is 214 g/mol. The van der Waals surface area contributed by atoms with Crippen LogP contribution >= 0.6 is 23.2 Å². The number of nitrogens with zero attached hydrogens (tertiary/aromatic N) is 2. The van der Waals surface area contributed by atoms with E-state index in [-0.39, 0.29) is 5.92 Å². The molecule has 2 aliphatic rings. The molecular formula is C9H8Cl2N2. The van der Waals surface area contributed by atoms with E-state index in [9.17, 15) is 0 Å². The topological polar surface area (TPSA) is 24.7 Å². The molecule has 1 heterocycles. The van der Waals surface area contributed by atoms with Gasteiger partial charge in [-0.1, -0.05) is 29.3 Å². The molecule has 0 aromatic rings. The standard InChI is InChI=1S/C9H8Cl2N2/c1-4-6-3-7(10)9(11)8(6)5(2)13-12-4/h3,6H,1-2H3. The van der Waals surface area contributed by atoms with Crippen molar-refractivity contribution in [2.45, 2.75) is 13.8 Å². The largest absolute Gasteiger partial charge is 0.159 e. The molecule has 4 heteroatoms. The normalized spacial score (nSPS) is 26.8. The Morgan fingerprint density at radius 1 is 1.23 bits per heavy atom. The molecule has 1 unspecified atom stereocenters. The summed E-state index contributed by atoms with van der Waals surface area (Å²) in [5.74, 6) is 0.137. The van der Waals surface area contributed by atoms with Crippen LogP contribution in [0.1, 0.15) is 13.8 Å². The van der Waals surface area contributed by atoms with Gasteiger partial charge in [0.15, 0.2) is 0 Å². The minimum Gasteiger partial charge on any atom is -0.159 e. The van der Waals surface area contributed by atoms with Crippen molar-refractivity contribution in [1.29, 1.82) is 0 Å². The Hall–Kier alpha value is -0.600. The molecule has 0 bridgehead atoms. The first-order valence-electron chi connectivity index (χ1n) is 3.97. The Labute approximate surface area is 86.6 Å². The summed E-state index contributed by atoms with van der Waals surface area (Å²) in [6, 6.07) is 0. The first kappa shape index (κ1) is 8.97. The first-order valence-corrected chi connectivity index (χ1v) is 4.73. The van der Waals surface area contributed by atoms with Gasteiger partial charge in [-0.25, -0.2) is 0 Å². The van der Waals surface area contributed by atoms with E-state index in [1.807, 2.05) is 19.9 Å². The Morgan fingerprint density at radius 2 is 1.92 bits per heavy atom. The summed E-state index contributed by atoms with van der Waals surface area (Å²) in [5.41, 5.74) is 2.79. The van der Waals surface area contributed by atoms with Gasteiger partial charge in [0.25, 0.3) is 0 Å². The van der Waals surface area contributed by atoms with Crippen LogP contribution in [0.5, 0.6) is 0 Å². The fourth-order valence-electron chi connectivity index (χ4n) is 1.55. The van der Waals surface area contributed by atoms with Gasteiger partial charge in [-0.3, -0.25) is 0 Å². The Balaban J connectivity index is 2.58. The van der Waals surface area contributed by atoms with E-state index in [2.05, 4.69) is 10.2 Å². The fourth-order valence-corrected chi connectivity index (χ4v) is 2.10. The molecule has 1 atom stereocenters. The van der Waals surface area contributed by atoms with Crippen LogP contribution in [0.4, 0.5) is 0 Å². The van der Waals surface area contributed by atoms with Crippen LogP contribution in [0.2, 0.25) is 0 Å². The molecule has 0 fully saturated rings. The smallest absolute Gasteiger partial charge is 0.0656 e. The molecule has 0 amide bonds. The van der Waals surface area contributed by atoms with Gasteiger partial charge < -0.3 is 0 Å². The lowest BCUT2D eigenvalue weighted by molar-refractivity contribution is 1.02. The third kappa shape index (κ3) is 1.25. The van der Waals surface area contributed by atoms with Crippen LogP contribution in [-0.2, 0) is 0 Å². The van der Waals surface area contributed by atoms with E-state index in [0.29, 0.717) is 10.1 Å². The van der Waals surface area contributed by atoms with Crippen LogP contribution in [0, 0.1) is 5.92 Å². The molecule has 1 aliphatic heterocycles. The Kier molecular flexibility index (Phi) is 2.05. The van der Waals surface area contributed by atoms with Crippen molar-refractivity contribution in [3.8, 4) is 0 Å². The highest BCUT2D eigenvalue weighted by Crippen LogP contribution is 2.38. The lowest BCUT2D eigenvalue weighted by atomic mass is 9.94. The molecule has 0 aromatic heterocycles. The van der Waals surface area contributed by atoms with E-state index >= 15 is 0 Å². The first-order chi connectivity index (χ1) is 6.11. The van der Waals surface area contributed by atoms with Crippen LogP contribution in [0.25, 0.3) is 0 Å². The van der Waals surface area contributed by atoms with E-state index in [1.54, 1.807) is 0 Å². The fraction of sp³-hybridized carbons (Fsp3) is 0.333. The van der Waals surface area contributed by atoms with Gasteiger partial charge in [0.1, 0.15) is 0 Å². The Morgan fingerprint density at radius 3 is 2.54 bits per heavy atom. The number of allylic oxidation sites excluding steroid dienone is 4. The molecule has 0 spiro atoms. The highest BCUT2D eigenvalue weighted by molar-refractivity contribution is 6.46. The summed E-state index contributed by atoms with van der Waals surface area (Å²) in [6.07, 6.45) is 1.91. The van der Waals surface area contributed by atoms with Crippen molar-refractivity contribution in [2.75, 3.05) is 0 Å². The zero-order valence-electron chi connectivity index (χ0n) is 7.31. The Bertz CT molecular complexity index is 388. The molecule has 0 radical (unpaired) electrons. The van der Waals surface area contributed by atoms with Gasteiger partial charge in [-0.05, 0) is 13.8 Å². The zero-order valence-corrected chi connectivity index (χ0v) is 8.82. The van der Waals surface area contributed by atoms with Gasteiger partial charge >= 0.3 is 0 Å². The van der Waals surface area contributed by atoms with Crippen LogP contribution in [0.3, 0.4) is 0 Å². The minimum atomic E-state index is 0.137. The maximum absolute atomic E-state index is 6.04. The number of halogens is 2. The molecule has 1 aliphatic carbocycles. The van der Waals surface area contributed by atoms with Crippen LogP contribution in [-0.4, -0.2) is 11.4 Å². The summed E-state index contributed by atoms with van der Waals surface area (Å²) in [6.45, 7) is 3.82. The molecule has 13 heavy (non-hydrogen) atoms. The highest BCUT2D eigenvalue weighted by atomic mass is 35.5. The summed E-state index contributed by atoms with van der Waals surface area (Å²) in [4.78, 5) is 0. The van der Waals surface area contributed by atoms with Crippen molar-refractivity contribution >= 4 is 34.6 Å². The molecule has 68 valence electrons. The summed E-state index contributed by atoms with van der Waals surface area (Å²) in [7, 11) is 0. The van der Waals surface area contributed by atoms with E-state index in [1.165, 1.54) is 0 Å². The average Bonchev–Trinajstić information content (AvgIpc) is 2.38. The second kappa shape index (κ2) is 2.96. The maximum atomic E-state index is 6.04. The molecule has 0 saturated carbocycles. The molecule has 2 nitrogen and oxygen atoms in total. The van der Waals surface area contributed by atoms with Crippen LogP contribution in [0.15, 0.2) is 31.9 Å². The number of hydrogen-bond acceptors (Lipinski definition) is 2. The molecule has 0 aromatic carbocycles. The minimum absolute atomic E-state index is 0.137. The van der Waals surface area contributed by atoms with Crippen molar-refractivity contribution < 1.29 is 0 Å². The highest BCUT2D eigenvalue weighted by Gasteiger charge is 2.30. The molecular weight excluding hydrogens is 207 g/mol. The number of hydrogen-bond donors (Lipinski definition) is 0. The average molecular weight is 215 g/mol. The SMILES string of the molecule is CC1=NN=C(C)C2C=C(Cl)C(Cl)=C12. The summed E-state index contributed by atoms with van der Waals surface area (Å²) < 4.78 is 0. The number of rotatable bonds is 0.